The van der Waals surface area contributed by atoms with E-state index in [1.165, 1.54) is 212 Å². The van der Waals surface area contributed by atoms with Gasteiger partial charge in [-0.1, -0.05) is 211 Å². The molecule has 0 spiro atoms. The summed E-state index contributed by atoms with van der Waals surface area (Å²) in [7, 11) is 0. The minimum Gasteiger partial charge on any atom is -0.481 e. The van der Waals surface area contributed by atoms with Crippen molar-refractivity contribution in [2.75, 3.05) is 26.4 Å². The lowest BCUT2D eigenvalue weighted by Gasteiger charge is -2.18. The van der Waals surface area contributed by atoms with E-state index in [2.05, 4.69) is 57.2 Å². The van der Waals surface area contributed by atoms with E-state index in [0.29, 0.717) is 19.3 Å². The van der Waals surface area contributed by atoms with Crippen molar-refractivity contribution in [2.24, 2.45) is 0 Å². The van der Waals surface area contributed by atoms with Crippen LogP contribution in [0.15, 0.2) is 36.5 Å². The summed E-state index contributed by atoms with van der Waals surface area (Å²) in [6.07, 6.45) is 55.6. The second-order valence-electron chi connectivity index (χ2n) is 22.4. The van der Waals surface area contributed by atoms with Gasteiger partial charge in [-0.3, -0.25) is 14.4 Å². The van der Waals surface area contributed by atoms with Gasteiger partial charge in [0.25, 0.3) is 0 Å². The van der Waals surface area contributed by atoms with Crippen LogP contribution in [0.4, 0.5) is 0 Å². The zero-order valence-corrected chi connectivity index (χ0v) is 52.1. The van der Waals surface area contributed by atoms with Gasteiger partial charge in [0.15, 0.2) is 0 Å². The number of carboxylic acid groups (broad SMARTS) is 3. The monoisotopic (exact) mass is 1170 g/mol. The summed E-state index contributed by atoms with van der Waals surface area (Å²) in [5, 5.41) is 96.6. The van der Waals surface area contributed by atoms with Crippen LogP contribution >= 0.6 is 0 Å². The van der Waals surface area contributed by atoms with Crippen molar-refractivity contribution in [2.45, 2.75) is 339 Å². The third-order valence-electron chi connectivity index (χ3n) is 14.5. The quantitative estimate of drug-likeness (QED) is 0.0199. The highest BCUT2D eigenvalue weighted by Crippen LogP contribution is 2.19. The van der Waals surface area contributed by atoms with Gasteiger partial charge in [-0.15, -0.1) is 0 Å². The normalized spacial score (nSPS) is 19.2. The van der Waals surface area contributed by atoms with E-state index >= 15 is 0 Å². The molecule has 0 aromatic rings. The van der Waals surface area contributed by atoms with Crippen molar-refractivity contribution in [3.63, 3.8) is 0 Å². The molecule has 11 N–H and O–H groups in total. The zero-order valence-electron chi connectivity index (χ0n) is 52.1. The van der Waals surface area contributed by atoms with E-state index in [1.807, 2.05) is 0 Å². The van der Waals surface area contributed by atoms with Gasteiger partial charge in [-0.05, 0) is 96.3 Å². The summed E-state index contributed by atoms with van der Waals surface area (Å²) < 4.78 is 9.64. The number of hydrogen-bond donors (Lipinski definition) is 11. The number of carbonyl (C=O) groups is 3. The number of ether oxygens (including phenoxy) is 2. The Hall–Kier alpha value is -2.77. The van der Waals surface area contributed by atoms with E-state index in [0.717, 1.165) is 38.5 Å². The van der Waals surface area contributed by atoms with Crippen LogP contribution in [0.25, 0.3) is 0 Å². The van der Waals surface area contributed by atoms with E-state index < -0.39 is 80.0 Å². The fourth-order valence-corrected chi connectivity index (χ4v) is 9.18. The molecule has 0 amide bonds. The van der Waals surface area contributed by atoms with Crippen LogP contribution in [-0.2, 0) is 23.9 Å². The first kappa shape index (κ1) is 83.4. The number of hydrogen-bond acceptors (Lipinski definition) is 13. The first-order chi connectivity index (χ1) is 39.6. The van der Waals surface area contributed by atoms with Gasteiger partial charge < -0.3 is 65.6 Å². The molecule has 2 rings (SSSR count). The molecule has 2 saturated heterocycles. The van der Waals surface area contributed by atoms with Gasteiger partial charge in [-0.2, -0.15) is 0 Å². The molecule has 8 atom stereocenters. The van der Waals surface area contributed by atoms with Gasteiger partial charge in [0, 0.05) is 19.3 Å². The Kier molecular flexibility index (Phi) is 66.9. The highest BCUT2D eigenvalue weighted by atomic mass is 16.6. The lowest BCUT2D eigenvalue weighted by Crippen LogP contribution is -2.40. The van der Waals surface area contributed by atoms with Gasteiger partial charge in [0.1, 0.15) is 48.8 Å². The summed E-state index contributed by atoms with van der Waals surface area (Å²) in [5.41, 5.74) is 0. The van der Waals surface area contributed by atoms with Crippen molar-refractivity contribution in [3.8, 4) is 0 Å². The Balaban J connectivity index is -0.000000971. The van der Waals surface area contributed by atoms with Gasteiger partial charge in [0.05, 0.1) is 26.4 Å². The Bertz CT molecular complexity index is 1300. The number of allylic oxidation sites excluding steroid dienone is 6. The third kappa shape index (κ3) is 60.4. The standard InChI is InChI=1S/3C18H34O2.2C6H12O5/c3*1-2-3-4-5-6-7-8-9-10-11-12-13-14-15-16-17-18(19)20;2*7-1-3(8)6-5(10)4(9)2-11-6/h3*9-10H,2-8,11-17H2,1H3,(H,19,20);2*3-10H,1-2H2/b3*10-9-;;/t;;;2*3-,4+,5-,6-/m...11/s1. The maximum absolute atomic E-state index is 10.3. The largest absolute Gasteiger partial charge is 0.481 e. The topological polar surface area (TPSA) is 292 Å². The molecule has 2 aliphatic heterocycles. The Morgan fingerprint density at radius 2 is 0.549 bits per heavy atom. The van der Waals surface area contributed by atoms with Crippen LogP contribution in [0.5, 0.6) is 0 Å². The molecule has 0 aromatic heterocycles. The highest BCUT2D eigenvalue weighted by molar-refractivity contribution is 5.67. The van der Waals surface area contributed by atoms with Gasteiger partial charge >= 0.3 is 17.9 Å². The molecule has 0 radical (unpaired) electrons. The van der Waals surface area contributed by atoms with Crippen molar-refractivity contribution >= 4 is 17.9 Å². The Morgan fingerprint density at radius 3 is 0.720 bits per heavy atom. The lowest BCUT2D eigenvalue weighted by molar-refractivity contribution is -0.138. The molecule has 16 heteroatoms. The smallest absolute Gasteiger partial charge is 0.303 e. The summed E-state index contributed by atoms with van der Waals surface area (Å²) in [6, 6.07) is 0. The molecule has 0 bridgehead atoms. The highest BCUT2D eigenvalue weighted by Gasteiger charge is 2.39. The van der Waals surface area contributed by atoms with Crippen LogP contribution in [0, 0.1) is 0 Å². The van der Waals surface area contributed by atoms with Crippen molar-refractivity contribution in [1.29, 1.82) is 0 Å². The predicted molar refractivity (Wildman–Crippen MR) is 331 cm³/mol. The van der Waals surface area contributed by atoms with Crippen molar-refractivity contribution in [1.82, 2.24) is 0 Å². The molecule has 0 aliphatic carbocycles. The minimum absolute atomic E-state index is 0.00287. The molecular weight excluding hydrogens is 1050 g/mol. The van der Waals surface area contributed by atoms with Gasteiger partial charge in [0.2, 0.25) is 0 Å². The van der Waals surface area contributed by atoms with Crippen LogP contribution in [0.2, 0.25) is 0 Å². The Labute approximate surface area is 498 Å². The average molecular weight is 1180 g/mol. The predicted octanol–water partition coefficient (Wildman–Crippen LogP) is 13.2. The molecule has 2 heterocycles. The van der Waals surface area contributed by atoms with Crippen LogP contribution < -0.4 is 0 Å². The van der Waals surface area contributed by atoms with Crippen LogP contribution in [0.3, 0.4) is 0 Å². The fourth-order valence-electron chi connectivity index (χ4n) is 9.18. The second kappa shape index (κ2) is 65.8. The first-order valence-corrected chi connectivity index (χ1v) is 32.8. The summed E-state index contributed by atoms with van der Waals surface area (Å²) in [5.74, 6) is -1.99. The number of rotatable bonds is 49. The number of aliphatic hydroxyl groups excluding tert-OH is 8. The van der Waals surface area contributed by atoms with Crippen molar-refractivity contribution in [3.05, 3.63) is 36.5 Å². The number of aliphatic hydroxyl groups is 8. The molecule has 82 heavy (non-hydrogen) atoms. The van der Waals surface area contributed by atoms with Gasteiger partial charge in [-0.25, -0.2) is 0 Å². The number of carboxylic acids is 3. The molecule has 0 aromatic carbocycles. The number of unbranched alkanes of at least 4 members (excludes halogenated alkanes) is 33. The third-order valence-corrected chi connectivity index (χ3v) is 14.5. The lowest BCUT2D eigenvalue weighted by atomic mass is 10.1. The van der Waals surface area contributed by atoms with Crippen molar-refractivity contribution < 1.29 is 80.0 Å². The molecule has 0 unspecified atom stereocenters. The van der Waals surface area contributed by atoms with Crippen LogP contribution in [-0.4, -0.2) is 149 Å². The number of aliphatic carboxylic acids is 3. The molecule has 0 saturated carbocycles. The first-order valence-electron chi connectivity index (χ1n) is 32.8. The summed E-state index contributed by atoms with van der Waals surface area (Å²) in [6.45, 7) is 5.83. The molecule has 16 nitrogen and oxygen atoms in total. The van der Waals surface area contributed by atoms with E-state index in [-0.39, 0.29) is 13.2 Å². The molecular formula is C66H126O16. The summed E-state index contributed by atoms with van der Waals surface area (Å²) in [4.78, 5) is 31.0. The summed E-state index contributed by atoms with van der Waals surface area (Å²) >= 11 is 0. The van der Waals surface area contributed by atoms with Crippen LogP contribution in [0.1, 0.15) is 290 Å². The molecule has 2 aliphatic rings. The minimum atomic E-state index is -1.12. The average Bonchev–Trinajstić information content (AvgIpc) is 3.99. The Morgan fingerprint density at radius 1 is 0.354 bits per heavy atom. The maximum Gasteiger partial charge on any atom is 0.303 e. The second-order valence-corrected chi connectivity index (χ2v) is 22.4. The zero-order chi connectivity index (χ0) is 61.5. The molecule has 2 fully saturated rings. The van der Waals surface area contributed by atoms with E-state index in [9.17, 15) is 14.4 Å². The maximum atomic E-state index is 10.3. The molecule has 486 valence electrons. The van der Waals surface area contributed by atoms with E-state index in [4.69, 9.17) is 65.6 Å². The fraction of sp³-hybridized carbons (Fsp3) is 0.864. The van der Waals surface area contributed by atoms with E-state index in [1.54, 1.807) is 0 Å². The SMILES string of the molecule is CCCCCCCC/C=C\CCCCCCCC(=O)O.CCCCCCCC/C=C\CCCCCCCC(=O)O.CCCCCCCC/C=C\CCCCCCCC(=O)O.OC[C@@H](O)[C@H]1OC[C@H](O)[C@H]1O.OC[C@@H](O)[C@H]1OC[C@H](O)[C@H]1O.